The minimum Gasteiger partial charge on any atom is -0.273 e. The lowest BCUT2D eigenvalue weighted by Gasteiger charge is -2.16. The fourth-order valence-corrected chi connectivity index (χ4v) is 1.55. The van der Waals surface area contributed by atoms with Gasteiger partial charge in [0.25, 0.3) is 5.91 Å². The van der Waals surface area contributed by atoms with Crippen molar-refractivity contribution >= 4 is 29.1 Å². The van der Waals surface area contributed by atoms with Crippen LogP contribution in [0.4, 0.5) is 10.1 Å². The molecule has 0 saturated carbocycles. The van der Waals surface area contributed by atoms with Gasteiger partial charge in [-0.15, -0.1) is 0 Å². The Kier molecular flexibility index (Phi) is 2.32. The molecule has 1 fully saturated rings. The molecule has 1 aromatic carbocycles. The summed E-state index contributed by atoms with van der Waals surface area (Å²) in [6.45, 7) is 0. The maximum Gasteiger partial charge on any atom is 0.255 e. The van der Waals surface area contributed by atoms with Crippen LogP contribution >= 0.6 is 11.6 Å². The van der Waals surface area contributed by atoms with E-state index in [1.54, 1.807) is 0 Å². The number of benzene rings is 1. The van der Waals surface area contributed by atoms with Crippen LogP contribution in [0.3, 0.4) is 0 Å². The van der Waals surface area contributed by atoms with E-state index in [-0.39, 0.29) is 17.1 Å². The Morgan fingerprint density at radius 2 is 2.13 bits per heavy atom. The summed E-state index contributed by atoms with van der Waals surface area (Å²) < 4.78 is 12.7. The number of hydrogen-bond donors (Lipinski definition) is 1. The molecule has 0 unspecified atom stereocenters. The maximum atomic E-state index is 12.7. The first-order valence-corrected chi connectivity index (χ1v) is 4.53. The van der Waals surface area contributed by atoms with Crippen molar-refractivity contribution in [3.8, 4) is 0 Å². The van der Waals surface area contributed by atoms with E-state index < -0.39 is 17.6 Å². The summed E-state index contributed by atoms with van der Waals surface area (Å²) in [6.07, 6.45) is -0.215. The molecule has 0 aromatic heterocycles. The molecular weight excluding hydrogens is 223 g/mol. The van der Waals surface area contributed by atoms with E-state index in [2.05, 4.69) is 5.43 Å². The molecule has 2 rings (SSSR count). The zero-order valence-electron chi connectivity index (χ0n) is 7.46. The van der Waals surface area contributed by atoms with E-state index in [1.807, 2.05) is 0 Å². The smallest absolute Gasteiger partial charge is 0.255 e. The van der Waals surface area contributed by atoms with Crippen molar-refractivity contribution in [2.24, 2.45) is 0 Å². The summed E-state index contributed by atoms with van der Waals surface area (Å²) in [6, 6.07) is 3.58. The number of hydrogen-bond acceptors (Lipinski definition) is 2. The molecule has 1 aliphatic heterocycles. The first-order valence-electron chi connectivity index (χ1n) is 4.15. The molecule has 1 aromatic rings. The highest BCUT2D eigenvalue weighted by Gasteiger charge is 2.29. The Labute approximate surface area is 89.6 Å². The van der Waals surface area contributed by atoms with Gasteiger partial charge in [-0.2, -0.15) is 0 Å². The van der Waals surface area contributed by atoms with E-state index in [1.165, 1.54) is 12.1 Å². The third-order valence-corrected chi connectivity index (χ3v) is 2.25. The van der Waals surface area contributed by atoms with Gasteiger partial charge in [0.2, 0.25) is 5.91 Å². The van der Waals surface area contributed by atoms with Gasteiger partial charge in [0.15, 0.2) is 0 Å². The molecule has 78 valence electrons. The Balaban J connectivity index is 2.38. The largest absolute Gasteiger partial charge is 0.273 e. The summed E-state index contributed by atoms with van der Waals surface area (Å²) in [5.41, 5.74) is 2.59. The van der Waals surface area contributed by atoms with Crippen LogP contribution in [-0.2, 0) is 9.59 Å². The maximum absolute atomic E-state index is 12.7. The average molecular weight is 229 g/mol. The van der Waals surface area contributed by atoms with E-state index in [0.717, 1.165) is 11.1 Å². The predicted molar refractivity (Wildman–Crippen MR) is 51.7 cm³/mol. The van der Waals surface area contributed by atoms with Crippen molar-refractivity contribution in [3.63, 3.8) is 0 Å². The van der Waals surface area contributed by atoms with E-state index in [4.69, 9.17) is 11.6 Å². The third-order valence-electron chi connectivity index (χ3n) is 1.95. The van der Waals surface area contributed by atoms with Crippen LogP contribution in [0.5, 0.6) is 0 Å². The van der Waals surface area contributed by atoms with Crippen molar-refractivity contribution in [3.05, 3.63) is 29.0 Å². The highest BCUT2D eigenvalue weighted by Crippen LogP contribution is 2.27. The van der Waals surface area contributed by atoms with Gasteiger partial charge in [0, 0.05) is 0 Å². The van der Waals surface area contributed by atoms with Gasteiger partial charge in [0.1, 0.15) is 12.2 Å². The van der Waals surface area contributed by atoms with Crippen molar-refractivity contribution in [1.82, 2.24) is 5.43 Å². The molecule has 1 saturated heterocycles. The molecule has 2 amide bonds. The second-order valence-corrected chi connectivity index (χ2v) is 3.44. The Bertz CT molecular complexity index is 450. The summed E-state index contributed by atoms with van der Waals surface area (Å²) in [5.74, 6) is -1.31. The second kappa shape index (κ2) is 3.51. The number of rotatable bonds is 1. The lowest BCUT2D eigenvalue weighted by Crippen LogP contribution is -2.35. The molecule has 1 N–H and O–H groups in total. The number of nitrogens with zero attached hydrogens (tertiary/aromatic N) is 1. The van der Waals surface area contributed by atoms with Crippen LogP contribution in [0.25, 0.3) is 0 Å². The summed E-state index contributed by atoms with van der Waals surface area (Å²) in [7, 11) is 0. The summed E-state index contributed by atoms with van der Waals surface area (Å²) in [5, 5.41) is 1.09. The molecule has 0 bridgehead atoms. The topological polar surface area (TPSA) is 49.4 Å². The molecule has 4 nitrogen and oxygen atoms in total. The fourth-order valence-electron chi connectivity index (χ4n) is 1.30. The van der Waals surface area contributed by atoms with Crippen molar-refractivity contribution in [1.29, 1.82) is 0 Å². The first kappa shape index (κ1) is 9.92. The highest BCUT2D eigenvalue weighted by molar-refractivity contribution is 6.34. The molecule has 6 heteroatoms. The monoisotopic (exact) mass is 228 g/mol. The quantitative estimate of drug-likeness (QED) is 0.736. The average Bonchev–Trinajstić information content (AvgIpc) is 2.45. The van der Waals surface area contributed by atoms with Crippen LogP contribution in [0.15, 0.2) is 18.2 Å². The Morgan fingerprint density at radius 3 is 2.67 bits per heavy atom. The minimum atomic E-state index is -0.498. The van der Waals surface area contributed by atoms with Crippen molar-refractivity contribution in [2.45, 2.75) is 6.42 Å². The summed E-state index contributed by atoms with van der Waals surface area (Å²) >= 11 is 5.74. The van der Waals surface area contributed by atoms with E-state index in [9.17, 15) is 14.0 Å². The molecule has 0 atom stereocenters. The highest BCUT2D eigenvalue weighted by atomic mass is 35.5. The van der Waals surface area contributed by atoms with Gasteiger partial charge in [-0.3, -0.25) is 15.0 Å². The van der Waals surface area contributed by atoms with Gasteiger partial charge in [-0.25, -0.2) is 9.40 Å². The minimum absolute atomic E-state index is 0.0746. The molecule has 0 aliphatic carbocycles. The normalized spacial score (nSPS) is 15.7. The van der Waals surface area contributed by atoms with Crippen LogP contribution in [0.1, 0.15) is 6.42 Å². The van der Waals surface area contributed by atoms with E-state index >= 15 is 0 Å². The second-order valence-electron chi connectivity index (χ2n) is 3.04. The Hall–Kier alpha value is -1.62. The lowest BCUT2D eigenvalue weighted by atomic mass is 10.3. The Morgan fingerprint density at radius 1 is 1.40 bits per heavy atom. The predicted octanol–water partition coefficient (Wildman–Crippen LogP) is 1.25. The third kappa shape index (κ3) is 1.78. The lowest BCUT2D eigenvalue weighted by molar-refractivity contribution is -0.122. The number of amides is 2. The van der Waals surface area contributed by atoms with Gasteiger partial charge in [-0.05, 0) is 18.2 Å². The van der Waals surface area contributed by atoms with Gasteiger partial charge in [0.05, 0.1) is 10.7 Å². The van der Waals surface area contributed by atoms with Crippen LogP contribution in [0.2, 0.25) is 5.02 Å². The number of carbonyl (C=O) groups excluding carboxylic acids is 2. The van der Waals surface area contributed by atoms with Crippen LogP contribution in [-0.4, -0.2) is 11.8 Å². The van der Waals surface area contributed by atoms with Crippen molar-refractivity contribution in [2.75, 3.05) is 5.01 Å². The standard InChI is InChI=1S/C9H6ClFN2O2/c10-6-3-5(11)1-2-7(6)13-9(15)4-8(14)12-13/h1-3H,4H2,(H,12,14). The zero-order chi connectivity index (χ0) is 11.0. The molecule has 1 heterocycles. The number of halogens is 2. The summed E-state index contributed by atoms with van der Waals surface area (Å²) in [4.78, 5) is 22.2. The SMILES string of the molecule is O=C1CC(=O)N(c2ccc(F)cc2Cl)N1. The molecule has 0 radical (unpaired) electrons. The molecular formula is C9H6ClFN2O2. The fraction of sp³-hybridized carbons (Fsp3) is 0.111. The molecule has 15 heavy (non-hydrogen) atoms. The van der Waals surface area contributed by atoms with Gasteiger partial charge in [-0.1, -0.05) is 11.6 Å². The molecule has 0 spiro atoms. The zero-order valence-corrected chi connectivity index (χ0v) is 8.21. The first-order chi connectivity index (χ1) is 7.08. The number of nitrogens with one attached hydrogen (secondary N) is 1. The van der Waals surface area contributed by atoms with Crippen LogP contribution < -0.4 is 10.4 Å². The van der Waals surface area contributed by atoms with Crippen molar-refractivity contribution < 1.29 is 14.0 Å². The molecule has 1 aliphatic rings. The van der Waals surface area contributed by atoms with Gasteiger partial charge >= 0.3 is 0 Å². The number of carbonyl (C=O) groups is 2. The number of hydrazine groups is 1. The van der Waals surface area contributed by atoms with Gasteiger partial charge < -0.3 is 0 Å². The number of anilines is 1. The van der Waals surface area contributed by atoms with E-state index in [0.29, 0.717) is 0 Å². The van der Waals surface area contributed by atoms with Crippen LogP contribution in [0, 0.1) is 5.82 Å².